The van der Waals surface area contributed by atoms with Gasteiger partial charge in [0.05, 0.1) is 15.1 Å². The fourth-order valence-corrected chi connectivity index (χ4v) is 6.40. The zero-order chi connectivity index (χ0) is 22.6. The van der Waals surface area contributed by atoms with E-state index in [-0.39, 0.29) is 16.5 Å². The quantitative estimate of drug-likeness (QED) is 0.384. The molecule has 0 radical (unpaired) electrons. The average molecular weight is 524 g/mol. The van der Waals surface area contributed by atoms with Crippen LogP contribution in [0.15, 0.2) is 41.3 Å². The van der Waals surface area contributed by atoms with Crippen molar-refractivity contribution in [3.05, 3.63) is 62.1 Å². The number of benzene rings is 2. The van der Waals surface area contributed by atoms with E-state index in [1.807, 2.05) is 0 Å². The van der Waals surface area contributed by atoms with Gasteiger partial charge in [-0.2, -0.15) is 4.31 Å². The first kappa shape index (κ1) is 25.1. The maximum atomic E-state index is 13.5. The second-order valence-corrected chi connectivity index (χ2v) is 11.5. The zero-order valence-corrected chi connectivity index (χ0v) is 21.2. The van der Waals surface area contributed by atoms with Crippen LogP contribution in [0, 0.1) is 0 Å². The number of hydrogen-bond acceptors (Lipinski definition) is 3. The summed E-state index contributed by atoms with van der Waals surface area (Å²) >= 11 is 24.5. The second kappa shape index (κ2) is 11.1. The monoisotopic (exact) mass is 522 g/mol. The first-order valence-electron chi connectivity index (χ1n) is 10.3. The van der Waals surface area contributed by atoms with Gasteiger partial charge >= 0.3 is 0 Å². The van der Waals surface area contributed by atoms with E-state index >= 15 is 0 Å². The highest BCUT2D eigenvalue weighted by Gasteiger charge is 2.28. The Morgan fingerprint density at radius 3 is 2.45 bits per heavy atom. The van der Waals surface area contributed by atoms with Gasteiger partial charge in [0.15, 0.2) is 0 Å². The van der Waals surface area contributed by atoms with Crippen molar-refractivity contribution in [3.8, 4) is 0 Å². The maximum absolute atomic E-state index is 13.5. The largest absolute Gasteiger partial charge is 0.301 e. The van der Waals surface area contributed by atoms with Crippen LogP contribution in [-0.2, 0) is 16.6 Å². The number of rotatable bonds is 8. The molecule has 3 rings (SSSR count). The number of halogens is 4. The summed E-state index contributed by atoms with van der Waals surface area (Å²) in [6.45, 7) is 4.65. The van der Waals surface area contributed by atoms with Gasteiger partial charge in [-0.1, -0.05) is 58.9 Å². The van der Waals surface area contributed by atoms with Gasteiger partial charge in [0, 0.05) is 24.2 Å². The minimum absolute atomic E-state index is 0.00747. The van der Waals surface area contributed by atoms with Crippen LogP contribution in [0.4, 0.5) is 0 Å². The highest BCUT2D eigenvalue weighted by atomic mass is 35.5. The Bertz CT molecular complexity index is 1020. The van der Waals surface area contributed by atoms with Crippen LogP contribution in [0.3, 0.4) is 0 Å². The van der Waals surface area contributed by atoms with Crippen LogP contribution in [-0.4, -0.2) is 43.3 Å². The molecule has 0 aliphatic carbocycles. The summed E-state index contributed by atoms with van der Waals surface area (Å²) in [5.41, 5.74) is 0.752. The summed E-state index contributed by atoms with van der Waals surface area (Å²) in [6, 6.07) is 10.1. The van der Waals surface area contributed by atoms with Crippen LogP contribution >= 0.6 is 46.4 Å². The maximum Gasteiger partial charge on any atom is 0.244 e. The van der Waals surface area contributed by atoms with Crippen LogP contribution in [0.2, 0.25) is 20.1 Å². The van der Waals surface area contributed by atoms with Gasteiger partial charge in [-0.15, -0.1) is 0 Å². The molecule has 1 saturated heterocycles. The normalized spacial score (nSPS) is 17.9. The molecule has 1 atom stereocenters. The van der Waals surface area contributed by atoms with Gasteiger partial charge in [-0.3, -0.25) is 0 Å². The van der Waals surface area contributed by atoms with Crippen molar-refractivity contribution in [2.24, 2.45) is 0 Å². The summed E-state index contributed by atoms with van der Waals surface area (Å²) in [5.74, 6) is 0. The molecule has 1 fully saturated rings. The summed E-state index contributed by atoms with van der Waals surface area (Å²) in [4.78, 5) is 2.44. The molecular formula is C22H26Cl4N2O2S. The zero-order valence-electron chi connectivity index (χ0n) is 17.3. The summed E-state index contributed by atoms with van der Waals surface area (Å²) in [7, 11) is -3.87. The number of hydrogen-bond donors (Lipinski definition) is 0. The lowest BCUT2D eigenvalue weighted by Gasteiger charge is -2.34. The molecule has 2 aromatic rings. The van der Waals surface area contributed by atoms with Crippen molar-refractivity contribution >= 4 is 56.4 Å². The molecule has 170 valence electrons. The molecule has 1 aliphatic heterocycles. The molecule has 0 N–H and O–H groups in total. The van der Waals surface area contributed by atoms with Crippen molar-refractivity contribution in [2.75, 3.05) is 19.6 Å². The molecule has 0 saturated carbocycles. The predicted molar refractivity (Wildman–Crippen MR) is 130 cm³/mol. The Morgan fingerprint density at radius 2 is 1.74 bits per heavy atom. The van der Waals surface area contributed by atoms with E-state index in [1.165, 1.54) is 35.7 Å². The smallest absolute Gasteiger partial charge is 0.244 e. The predicted octanol–water partition coefficient (Wildman–Crippen LogP) is 6.76. The molecule has 31 heavy (non-hydrogen) atoms. The van der Waals surface area contributed by atoms with Crippen molar-refractivity contribution in [3.63, 3.8) is 0 Å². The number of nitrogens with zero attached hydrogens (tertiary/aromatic N) is 2. The minimum atomic E-state index is -3.87. The molecule has 2 aromatic carbocycles. The van der Waals surface area contributed by atoms with E-state index in [4.69, 9.17) is 46.4 Å². The molecule has 0 aromatic heterocycles. The highest BCUT2D eigenvalue weighted by Crippen LogP contribution is 2.30. The molecule has 1 unspecified atom stereocenters. The third-order valence-electron chi connectivity index (χ3n) is 5.65. The molecule has 1 aliphatic rings. The van der Waals surface area contributed by atoms with E-state index in [0.717, 1.165) is 18.7 Å². The third kappa shape index (κ3) is 6.50. The topological polar surface area (TPSA) is 40.6 Å². The molecule has 0 spiro atoms. The van der Waals surface area contributed by atoms with Gasteiger partial charge in [-0.05, 0) is 75.2 Å². The minimum Gasteiger partial charge on any atom is -0.301 e. The standard InChI is InChI=1S/C22H26Cl4N2O2S/c1-16-5-2-3-10-27(16)11-4-12-28(15-17-6-8-19(24)21(26)13-17)31(29,30)22-14-18(23)7-9-20(22)25/h6-9,13-14,16H,2-5,10-12,15H2,1H3. The lowest BCUT2D eigenvalue weighted by molar-refractivity contribution is 0.155. The molecule has 9 heteroatoms. The highest BCUT2D eigenvalue weighted by molar-refractivity contribution is 7.89. The van der Waals surface area contributed by atoms with Gasteiger partial charge in [0.25, 0.3) is 0 Å². The summed E-state index contributed by atoms with van der Waals surface area (Å²) in [5, 5.41) is 1.28. The van der Waals surface area contributed by atoms with E-state index in [9.17, 15) is 8.42 Å². The van der Waals surface area contributed by atoms with Gasteiger partial charge < -0.3 is 4.90 Å². The fourth-order valence-electron chi connectivity index (χ4n) is 3.88. The number of likely N-dealkylation sites (tertiary alicyclic amines) is 1. The first-order chi connectivity index (χ1) is 14.7. The van der Waals surface area contributed by atoms with Gasteiger partial charge in [0.2, 0.25) is 10.0 Å². The van der Waals surface area contributed by atoms with Crippen molar-refractivity contribution in [1.29, 1.82) is 0 Å². The van der Waals surface area contributed by atoms with E-state index < -0.39 is 10.0 Å². The Balaban J connectivity index is 1.83. The van der Waals surface area contributed by atoms with Crippen LogP contribution in [0.1, 0.15) is 38.2 Å². The molecular weight excluding hydrogens is 498 g/mol. The summed E-state index contributed by atoms with van der Waals surface area (Å²) < 4.78 is 28.5. The SMILES string of the molecule is CC1CCCCN1CCCN(Cc1ccc(Cl)c(Cl)c1)S(=O)(=O)c1cc(Cl)ccc1Cl. The van der Waals surface area contributed by atoms with Crippen LogP contribution < -0.4 is 0 Å². The van der Waals surface area contributed by atoms with Gasteiger partial charge in [-0.25, -0.2) is 8.42 Å². The lowest BCUT2D eigenvalue weighted by atomic mass is 10.0. The van der Waals surface area contributed by atoms with E-state index in [2.05, 4.69) is 11.8 Å². The van der Waals surface area contributed by atoms with Crippen molar-refractivity contribution in [1.82, 2.24) is 9.21 Å². The molecule has 0 amide bonds. The molecule has 4 nitrogen and oxygen atoms in total. The number of sulfonamides is 1. The first-order valence-corrected chi connectivity index (χ1v) is 13.3. The van der Waals surface area contributed by atoms with Crippen molar-refractivity contribution in [2.45, 2.75) is 50.1 Å². The lowest BCUT2D eigenvalue weighted by Crippen LogP contribution is -2.40. The molecule has 1 heterocycles. The Kier molecular flexibility index (Phi) is 8.96. The Hall–Kier alpha value is -0.530. The second-order valence-electron chi connectivity index (χ2n) is 7.90. The fraction of sp³-hybridized carbons (Fsp3) is 0.455. The summed E-state index contributed by atoms with van der Waals surface area (Å²) in [6.07, 6.45) is 4.34. The van der Waals surface area contributed by atoms with Gasteiger partial charge in [0.1, 0.15) is 4.90 Å². The average Bonchev–Trinajstić information content (AvgIpc) is 2.73. The van der Waals surface area contributed by atoms with Crippen molar-refractivity contribution < 1.29 is 8.42 Å². The van der Waals surface area contributed by atoms with E-state index in [1.54, 1.807) is 24.3 Å². The van der Waals surface area contributed by atoms with E-state index in [0.29, 0.717) is 34.1 Å². The third-order valence-corrected chi connectivity index (χ3v) is 8.95. The van der Waals surface area contributed by atoms with Crippen LogP contribution in [0.25, 0.3) is 0 Å². The Morgan fingerprint density at radius 1 is 1.00 bits per heavy atom. The van der Waals surface area contributed by atoms with Crippen LogP contribution in [0.5, 0.6) is 0 Å². The number of piperidine rings is 1. The Labute approximate surface area is 205 Å². The molecule has 0 bridgehead atoms.